The molecule has 0 radical (unpaired) electrons. The van der Waals surface area contributed by atoms with Crippen molar-refractivity contribution < 1.29 is 24.2 Å². The molecule has 2 aromatic carbocycles. The Balaban J connectivity index is 1.89. The summed E-state index contributed by atoms with van der Waals surface area (Å²) in [6, 6.07) is 14.9. The van der Waals surface area contributed by atoms with E-state index >= 15 is 0 Å². The molecule has 6 nitrogen and oxygen atoms in total. The lowest BCUT2D eigenvalue weighted by Gasteiger charge is -2.15. The van der Waals surface area contributed by atoms with Crippen molar-refractivity contribution in [3.8, 4) is 11.5 Å². The van der Waals surface area contributed by atoms with Crippen LogP contribution in [-0.4, -0.2) is 36.7 Å². The zero-order valence-corrected chi connectivity index (χ0v) is 13.3. The molecule has 0 aromatic heterocycles. The van der Waals surface area contributed by atoms with Gasteiger partial charge in [0.1, 0.15) is 17.5 Å². The molecule has 0 aliphatic carbocycles. The van der Waals surface area contributed by atoms with Crippen molar-refractivity contribution in [3.63, 3.8) is 0 Å². The van der Waals surface area contributed by atoms with Crippen LogP contribution >= 0.6 is 0 Å². The van der Waals surface area contributed by atoms with E-state index in [0.29, 0.717) is 11.5 Å². The number of ether oxygens (including phenoxy) is 2. The van der Waals surface area contributed by atoms with Gasteiger partial charge in [0.25, 0.3) is 5.91 Å². The van der Waals surface area contributed by atoms with E-state index < -0.39 is 17.9 Å². The summed E-state index contributed by atoms with van der Waals surface area (Å²) in [6.07, 6.45) is 0.209. The van der Waals surface area contributed by atoms with E-state index in [1.807, 2.05) is 30.3 Å². The van der Waals surface area contributed by atoms with Crippen molar-refractivity contribution in [2.24, 2.45) is 0 Å². The predicted molar refractivity (Wildman–Crippen MR) is 88.2 cm³/mol. The Hall–Kier alpha value is -3.02. The second kappa shape index (κ2) is 8.57. The number of aliphatic carboxylic acids is 1. The standard InChI is InChI=1S/C18H19NO5/c1-23-14-8-5-9-15(11-14)24-12-17(20)19-16(18(21)22)10-13-6-3-2-4-7-13/h2-9,11,16H,10,12H2,1H3,(H,19,20)(H,21,22). The number of rotatable bonds is 8. The summed E-state index contributed by atoms with van der Waals surface area (Å²) in [5.41, 5.74) is 0.832. The summed E-state index contributed by atoms with van der Waals surface area (Å²) < 4.78 is 10.4. The monoisotopic (exact) mass is 329 g/mol. The van der Waals surface area contributed by atoms with Gasteiger partial charge in [0, 0.05) is 12.5 Å². The van der Waals surface area contributed by atoms with Crippen molar-refractivity contribution in [3.05, 3.63) is 60.2 Å². The van der Waals surface area contributed by atoms with E-state index in [2.05, 4.69) is 5.32 Å². The zero-order chi connectivity index (χ0) is 17.4. The lowest BCUT2D eigenvalue weighted by Crippen LogP contribution is -2.44. The normalized spacial score (nSPS) is 11.4. The van der Waals surface area contributed by atoms with E-state index in [1.54, 1.807) is 24.3 Å². The first kappa shape index (κ1) is 17.3. The van der Waals surface area contributed by atoms with Gasteiger partial charge in [-0.25, -0.2) is 4.79 Å². The Morgan fingerprint density at radius 3 is 2.46 bits per heavy atom. The van der Waals surface area contributed by atoms with Crippen LogP contribution in [-0.2, 0) is 16.0 Å². The summed E-state index contributed by atoms with van der Waals surface area (Å²) in [7, 11) is 1.53. The average Bonchev–Trinajstić information content (AvgIpc) is 2.60. The maximum absolute atomic E-state index is 11.9. The molecule has 0 bridgehead atoms. The molecule has 0 saturated heterocycles. The molecule has 2 aromatic rings. The van der Waals surface area contributed by atoms with Crippen molar-refractivity contribution in [2.45, 2.75) is 12.5 Å². The number of carboxylic acids is 1. The molecule has 2 N–H and O–H groups in total. The van der Waals surface area contributed by atoms with Gasteiger partial charge >= 0.3 is 5.97 Å². The Morgan fingerprint density at radius 2 is 1.79 bits per heavy atom. The Morgan fingerprint density at radius 1 is 1.08 bits per heavy atom. The molecular weight excluding hydrogens is 310 g/mol. The number of amides is 1. The Bertz CT molecular complexity index is 687. The van der Waals surface area contributed by atoms with E-state index in [0.717, 1.165) is 5.56 Å². The molecule has 0 aliphatic heterocycles. The summed E-state index contributed by atoms with van der Waals surface area (Å²) >= 11 is 0. The van der Waals surface area contributed by atoms with Gasteiger partial charge in [0.15, 0.2) is 6.61 Å². The number of nitrogens with one attached hydrogen (secondary N) is 1. The molecule has 126 valence electrons. The third-order valence-corrected chi connectivity index (χ3v) is 3.33. The summed E-state index contributed by atoms with van der Waals surface area (Å²) in [5.74, 6) is -0.505. The zero-order valence-electron chi connectivity index (χ0n) is 13.3. The van der Waals surface area contributed by atoms with Crippen LogP contribution in [0.5, 0.6) is 11.5 Å². The fourth-order valence-corrected chi connectivity index (χ4v) is 2.13. The van der Waals surface area contributed by atoms with Crippen molar-refractivity contribution >= 4 is 11.9 Å². The highest BCUT2D eigenvalue weighted by molar-refractivity contribution is 5.84. The van der Waals surface area contributed by atoms with Gasteiger partial charge in [0.05, 0.1) is 7.11 Å². The number of carbonyl (C=O) groups is 2. The summed E-state index contributed by atoms with van der Waals surface area (Å²) in [4.78, 5) is 23.3. The van der Waals surface area contributed by atoms with Crippen LogP contribution in [0.15, 0.2) is 54.6 Å². The van der Waals surface area contributed by atoms with Gasteiger partial charge in [-0.15, -0.1) is 0 Å². The first-order chi connectivity index (χ1) is 11.6. The SMILES string of the molecule is COc1cccc(OCC(=O)NC(Cc2ccccc2)C(=O)O)c1. The number of hydrogen-bond acceptors (Lipinski definition) is 4. The maximum atomic E-state index is 11.9. The molecule has 0 aliphatic rings. The van der Waals surface area contributed by atoms with Crippen LogP contribution in [0.1, 0.15) is 5.56 Å². The van der Waals surface area contributed by atoms with Gasteiger partial charge in [0.2, 0.25) is 0 Å². The van der Waals surface area contributed by atoms with Gasteiger partial charge < -0.3 is 19.9 Å². The molecule has 0 fully saturated rings. The molecule has 24 heavy (non-hydrogen) atoms. The summed E-state index contributed by atoms with van der Waals surface area (Å²) in [6.45, 7) is -0.272. The molecule has 2 rings (SSSR count). The number of methoxy groups -OCH3 is 1. The second-order valence-electron chi connectivity index (χ2n) is 5.12. The molecular formula is C18H19NO5. The third-order valence-electron chi connectivity index (χ3n) is 3.33. The van der Waals surface area contributed by atoms with Crippen LogP contribution < -0.4 is 14.8 Å². The van der Waals surface area contributed by atoms with Crippen molar-refractivity contribution in [1.29, 1.82) is 0 Å². The first-order valence-electron chi connectivity index (χ1n) is 7.41. The molecule has 1 amide bonds. The fourth-order valence-electron chi connectivity index (χ4n) is 2.13. The molecule has 1 unspecified atom stereocenters. The lowest BCUT2D eigenvalue weighted by atomic mass is 10.1. The fraction of sp³-hybridized carbons (Fsp3) is 0.222. The van der Waals surface area contributed by atoms with Crippen molar-refractivity contribution in [2.75, 3.05) is 13.7 Å². The molecule has 1 atom stereocenters. The number of benzene rings is 2. The van der Waals surface area contributed by atoms with Gasteiger partial charge in [-0.2, -0.15) is 0 Å². The first-order valence-corrected chi connectivity index (χ1v) is 7.41. The van der Waals surface area contributed by atoms with E-state index in [-0.39, 0.29) is 13.0 Å². The molecule has 0 saturated carbocycles. The van der Waals surface area contributed by atoms with Crippen LogP contribution in [0, 0.1) is 0 Å². The minimum Gasteiger partial charge on any atom is -0.497 e. The van der Waals surface area contributed by atoms with Gasteiger partial charge in [-0.05, 0) is 17.7 Å². The van der Waals surface area contributed by atoms with E-state index in [4.69, 9.17) is 9.47 Å². The quantitative estimate of drug-likeness (QED) is 0.772. The molecule has 0 spiro atoms. The second-order valence-corrected chi connectivity index (χ2v) is 5.12. The van der Waals surface area contributed by atoms with Crippen LogP contribution in [0.3, 0.4) is 0 Å². The topological polar surface area (TPSA) is 84.9 Å². The average molecular weight is 329 g/mol. The maximum Gasteiger partial charge on any atom is 0.326 e. The Kier molecular flexibility index (Phi) is 6.19. The Labute approximate surface area is 140 Å². The lowest BCUT2D eigenvalue weighted by molar-refractivity contribution is -0.142. The van der Waals surface area contributed by atoms with Crippen molar-refractivity contribution in [1.82, 2.24) is 5.32 Å². The van der Waals surface area contributed by atoms with Crippen LogP contribution in [0.4, 0.5) is 0 Å². The largest absolute Gasteiger partial charge is 0.497 e. The van der Waals surface area contributed by atoms with E-state index in [9.17, 15) is 14.7 Å². The smallest absolute Gasteiger partial charge is 0.326 e. The minimum absolute atomic E-state index is 0.209. The highest BCUT2D eigenvalue weighted by Gasteiger charge is 2.20. The minimum atomic E-state index is -1.09. The molecule has 6 heteroatoms. The number of hydrogen-bond donors (Lipinski definition) is 2. The number of carbonyl (C=O) groups excluding carboxylic acids is 1. The highest BCUT2D eigenvalue weighted by atomic mass is 16.5. The van der Waals surface area contributed by atoms with Crippen LogP contribution in [0.2, 0.25) is 0 Å². The third kappa shape index (κ3) is 5.31. The van der Waals surface area contributed by atoms with E-state index in [1.165, 1.54) is 7.11 Å². The predicted octanol–water partition coefficient (Wildman–Crippen LogP) is 1.89. The van der Waals surface area contributed by atoms with Gasteiger partial charge in [-0.3, -0.25) is 4.79 Å². The molecule has 0 heterocycles. The van der Waals surface area contributed by atoms with Gasteiger partial charge in [-0.1, -0.05) is 36.4 Å². The van der Waals surface area contributed by atoms with Crippen LogP contribution in [0.25, 0.3) is 0 Å². The summed E-state index contributed by atoms with van der Waals surface area (Å²) in [5, 5.41) is 11.7. The number of carboxylic acid groups (broad SMARTS) is 1. The highest BCUT2D eigenvalue weighted by Crippen LogP contribution is 2.18.